The van der Waals surface area contributed by atoms with Gasteiger partial charge < -0.3 is 10.1 Å². The van der Waals surface area contributed by atoms with Crippen molar-refractivity contribution in [3.8, 4) is 21.7 Å². The predicted molar refractivity (Wildman–Crippen MR) is 146 cm³/mol. The molecule has 8 nitrogen and oxygen atoms in total. The molecule has 198 valence electrons. The Labute approximate surface area is 226 Å². The fraction of sp³-hybridized carbons (Fsp3) is 0.214. The Bertz CT molecular complexity index is 1630. The number of benzene rings is 2. The fourth-order valence-corrected chi connectivity index (χ4v) is 5.32. The molecule has 3 aromatic heterocycles. The average molecular weight is 547 g/mol. The SMILES string of the molecule is O=C(Nc1cc2cn(CCN3CCOCC3)nc2cc1-c1ccc(F)cc1)c1csc(-c2cccnc2F)n1. The van der Waals surface area contributed by atoms with Gasteiger partial charge in [0.2, 0.25) is 5.95 Å². The van der Waals surface area contributed by atoms with E-state index < -0.39 is 11.9 Å². The van der Waals surface area contributed by atoms with E-state index >= 15 is 0 Å². The highest BCUT2D eigenvalue weighted by atomic mass is 32.1. The molecule has 0 atom stereocenters. The summed E-state index contributed by atoms with van der Waals surface area (Å²) in [5.41, 5.74) is 3.12. The first-order chi connectivity index (χ1) is 19.0. The first-order valence-electron chi connectivity index (χ1n) is 12.5. The lowest BCUT2D eigenvalue weighted by molar-refractivity contribution is 0.0360. The van der Waals surface area contributed by atoms with Crippen LogP contribution in [0.1, 0.15) is 10.5 Å². The van der Waals surface area contributed by atoms with Crippen molar-refractivity contribution < 1.29 is 18.3 Å². The van der Waals surface area contributed by atoms with Gasteiger partial charge in [-0.2, -0.15) is 9.49 Å². The van der Waals surface area contributed by atoms with Crippen molar-refractivity contribution in [3.63, 3.8) is 0 Å². The van der Waals surface area contributed by atoms with Crippen LogP contribution in [-0.2, 0) is 11.3 Å². The Balaban J connectivity index is 1.30. The second-order valence-electron chi connectivity index (χ2n) is 9.14. The van der Waals surface area contributed by atoms with Gasteiger partial charge in [0.25, 0.3) is 5.91 Å². The summed E-state index contributed by atoms with van der Waals surface area (Å²) in [5, 5.41) is 10.5. The third-order valence-electron chi connectivity index (χ3n) is 6.57. The van der Waals surface area contributed by atoms with E-state index in [0.717, 1.165) is 67.2 Å². The fourth-order valence-electron chi connectivity index (χ4n) is 4.51. The number of anilines is 1. The molecule has 0 saturated carbocycles. The molecule has 6 rings (SSSR count). The molecule has 0 aliphatic carbocycles. The van der Waals surface area contributed by atoms with Crippen LogP contribution >= 0.6 is 11.3 Å². The molecule has 11 heteroatoms. The molecule has 0 radical (unpaired) electrons. The molecule has 1 saturated heterocycles. The number of hydrogen-bond acceptors (Lipinski definition) is 7. The van der Waals surface area contributed by atoms with Gasteiger partial charge in [-0.05, 0) is 42.0 Å². The summed E-state index contributed by atoms with van der Waals surface area (Å²) in [4.78, 5) is 23.6. The van der Waals surface area contributed by atoms with Crippen molar-refractivity contribution in [2.75, 3.05) is 38.2 Å². The molecule has 1 fully saturated rings. The van der Waals surface area contributed by atoms with E-state index in [2.05, 4.69) is 20.2 Å². The molecule has 1 amide bonds. The summed E-state index contributed by atoms with van der Waals surface area (Å²) < 4.78 is 35.1. The van der Waals surface area contributed by atoms with E-state index in [-0.39, 0.29) is 17.1 Å². The van der Waals surface area contributed by atoms with E-state index in [1.165, 1.54) is 18.3 Å². The number of nitrogens with zero attached hydrogens (tertiary/aromatic N) is 5. The van der Waals surface area contributed by atoms with Gasteiger partial charge in [-0.1, -0.05) is 12.1 Å². The Morgan fingerprint density at radius 2 is 1.87 bits per heavy atom. The van der Waals surface area contributed by atoms with Crippen LogP contribution in [0, 0.1) is 11.8 Å². The lowest BCUT2D eigenvalue weighted by atomic mass is 10.0. The van der Waals surface area contributed by atoms with Gasteiger partial charge in [0, 0.05) is 54.0 Å². The van der Waals surface area contributed by atoms with Crippen LogP contribution in [0.3, 0.4) is 0 Å². The lowest BCUT2D eigenvalue weighted by Gasteiger charge is -2.26. The van der Waals surface area contributed by atoms with Crippen LogP contribution in [0.2, 0.25) is 0 Å². The maximum atomic E-state index is 14.1. The zero-order valence-corrected chi connectivity index (χ0v) is 21.6. The number of hydrogen-bond donors (Lipinski definition) is 1. The first-order valence-corrected chi connectivity index (χ1v) is 13.4. The van der Waals surface area contributed by atoms with Gasteiger partial charge in [0.05, 0.1) is 30.8 Å². The number of ether oxygens (including phenoxy) is 1. The normalized spacial score (nSPS) is 14.1. The molecule has 0 unspecified atom stereocenters. The van der Waals surface area contributed by atoms with Gasteiger partial charge in [0.1, 0.15) is 16.5 Å². The summed E-state index contributed by atoms with van der Waals surface area (Å²) in [6.07, 6.45) is 3.31. The largest absolute Gasteiger partial charge is 0.379 e. The van der Waals surface area contributed by atoms with E-state index in [4.69, 9.17) is 9.84 Å². The van der Waals surface area contributed by atoms with Crippen LogP contribution in [0.15, 0.2) is 66.3 Å². The van der Waals surface area contributed by atoms with Crippen LogP contribution in [-0.4, -0.2) is 63.4 Å². The quantitative estimate of drug-likeness (QED) is 0.287. The smallest absolute Gasteiger partial charge is 0.275 e. The molecule has 1 aliphatic rings. The maximum Gasteiger partial charge on any atom is 0.275 e. The Hall–Kier alpha value is -4.06. The minimum atomic E-state index is -0.645. The maximum absolute atomic E-state index is 14.1. The van der Waals surface area contributed by atoms with Crippen LogP contribution in [0.4, 0.5) is 14.5 Å². The zero-order chi connectivity index (χ0) is 26.8. The van der Waals surface area contributed by atoms with Gasteiger partial charge in [-0.15, -0.1) is 11.3 Å². The highest BCUT2D eigenvalue weighted by molar-refractivity contribution is 7.13. The highest BCUT2D eigenvalue weighted by Crippen LogP contribution is 2.33. The van der Waals surface area contributed by atoms with Crippen molar-refractivity contribution >= 4 is 33.8 Å². The second kappa shape index (κ2) is 11.0. The Kier molecular flexibility index (Phi) is 7.10. The zero-order valence-electron chi connectivity index (χ0n) is 20.8. The molecule has 0 bridgehead atoms. The van der Waals surface area contributed by atoms with E-state index in [9.17, 15) is 13.6 Å². The lowest BCUT2D eigenvalue weighted by Crippen LogP contribution is -2.38. The first kappa shape index (κ1) is 25.2. The summed E-state index contributed by atoms with van der Waals surface area (Å²) in [6.45, 7) is 4.85. The van der Waals surface area contributed by atoms with Crippen molar-refractivity contribution in [1.29, 1.82) is 0 Å². The highest BCUT2D eigenvalue weighted by Gasteiger charge is 2.18. The second-order valence-corrected chi connectivity index (χ2v) is 10.0. The van der Waals surface area contributed by atoms with Gasteiger partial charge in [-0.3, -0.25) is 14.4 Å². The molecule has 2 aromatic carbocycles. The molecule has 1 N–H and O–H groups in total. The third-order valence-corrected chi connectivity index (χ3v) is 7.45. The van der Waals surface area contributed by atoms with E-state index in [0.29, 0.717) is 16.3 Å². The standard InChI is InChI=1S/C28H24F2N6O2S/c29-20-5-3-18(4-6-20)22-15-23-19(16-36(34-23)9-8-35-10-12-38-13-11-35)14-24(22)32-27(37)25-17-39-28(33-25)21-2-1-7-31-26(21)30/h1-7,14-17H,8-13H2,(H,32,37). The van der Waals surface area contributed by atoms with E-state index in [1.807, 2.05) is 23.0 Å². The molecule has 39 heavy (non-hydrogen) atoms. The number of carbonyl (C=O) groups excluding carboxylic acids is 1. The van der Waals surface area contributed by atoms with Crippen molar-refractivity contribution in [2.45, 2.75) is 6.54 Å². The third kappa shape index (κ3) is 5.56. The Morgan fingerprint density at radius 1 is 1.05 bits per heavy atom. The topological polar surface area (TPSA) is 85.2 Å². The van der Waals surface area contributed by atoms with Crippen LogP contribution in [0.5, 0.6) is 0 Å². The number of carbonyl (C=O) groups is 1. The molecule has 1 aliphatic heterocycles. The minimum Gasteiger partial charge on any atom is -0.379 e. The van der Waals surface area contributed by atoms with Crippen molar-refractivity contribution in [1.82, 2.24) is 24.6 Å². The number of aromatic nitrogens is 4. The number of thiazole rings is 1. The summed E-state index contributed by atoms with van der Waals surface area (Å²) in [5.74, 6) is -1.44. The summed E-state index contributed by atoms with van der Waals surface area (Å²) >= 11 is 1.16. The minimum absolute atomic E-state index is 0.157. The van der Waals surface area contributed by atoms with Gasteiger partial charge in [0.15, 0.2) is 0 Å². The molecule has 0 spiro atoms. The molecular formula is C28H24F2N6O2S. The summed E-state index contributed by atoms with van der Waals surface area (Å²) in [6, 6.07) is 13.0. The molecule has 4 heterocycles. The van der Waals surface area contributed by atoms with Crippen molar-refractivity contribution in [2.24, 2.45) is 0 Å². The Morgan fingerprint density at radius 3 is 2.67 bits per heavy atom. The van der Waals surface area contributed by atoms with Crippen LogP contribution < -0.4 is 5.32 Å². The number of halogens is 2. The van der Waals surface area contributed by atoms with Gasteiger partial charge in [-0.25, -0.2) is 14.4 Å². The number of fused-ring (bicyclic) bond motifs is 1. The molecular weight excluding hydrogens is 522 g/mol. The number of morpholine rings is 1. The number of pyridine rings is 1. The van der Waals surface area contributed by atoms with Crippen molar-refractivity contribution in [3.05, 3.63) is 83.8 Å². The number of amides is 1. The monoisotopic (exact) mass is 546 g/mol. The van der Waals surface area contributed by atoms with E-state index in [1.54, 1.807) is 29.6 Å². The predicted octanol–water partition coefficient (Wildman–Crippen LogP) is 5.08. The molecule has 5 aromatic rings. The average Bonchev–Trinajstić information content (AvgIpc) is 3.60. The number of nitrogens with one attached hydrogen (secondary N) is 1. The van der Waals surface area contributed by atoms with Gasteiger partial charge >= 0.3 is 0 Å². The van der Waals surface area contributed by atoms with Crippen LogP contribution in [0.25, 0.3) is 32.6 Å². The number of rotatable bonds is 7. The summed E-state index contributed by atoms with van der Waals surface area (Å²) in [7, 11) is 0.